The smallest absolute Gasteiger partial charge is 0.320 e. The van der Waals surface area contributed by atoms with E-state index >= 15 is 0 Å². The van der Waals surface area contributed by atoms with Crippen molar-refractivity contribution in [2.75, 3.05) is 14.2 Å². The summed E-state index contributed by atoms with van der Waals surface area (Å²) in [5, 5.41) is 0. The van der Waals surface area contributed by atoms with Gasteiger partial charge in [0, 0.05) is 11.8 Å². The number of hydrogen-bond donors (Lipinski definition) is 0. The largest absolute Gasteiger partial charge is 0.468 e. The molecule has 1 rings (SSSR count). The molecule has 0 saturated heterocycles. The lowest BCUT2D eigenvalue weighted by molar-refractivity contribution is -0.160. The van der Waals surface area contributed by atoms with Crippen molar-refractivity contribution < 1.29 is 23.9 Å². The Hall–Kier alpha value is -2.17. The second kappa shape index (κ2) is 7.43. The maximum Gasteiger partial charge on any atom is 0.320 e. The molecule has 5 heteroatoms. The Morgan fingerprint density at radius 3 is 1.95 bits per heavy atom. The molecule has 0 heterocycles. The third-order valence-corrected chi connectivity index (χ3v) is 3.23. The van der Waals surface area contributed by atoms with Crippen molar-refractivity contribution in [1.82, 2.24) is 0 Å². The van der Waals surface area contributed by atoms with Crippen LogP contribution < -0.4 is 0 Å². The van der Waals surface area contributed by atoms with Crippen molar-refractivity contribution in [3.8, 4) is 0 Å². The zero-order chi connectivity index (χ0) is 15.1. The number of aldehydes is 1. The Bertz CT molecular complexity index is 452. The van der Waals surface area contributed by atoms with Crippen molar-refractivity contribution >= 4 is 18.2 Å². The summed E-state index contributed by atoms with van der Waals surface area (Å²) in [5.74, 6) is -3.72. The zero-order valence-electron chi connectivity index (χ0n) is 11.7. The molecule has 0 aliphatic rings. The minimum atomic E-state index is -1.16. The van der Waals surface area contributed by atoms with E-state index in [1.54, 1.807) is 31.2 Å². The molecule has 1 aromatic rings. The molecule has 0 fully saturated rings. The maximum atomic E-state index is 11.9. The highest BCUT2D eigenvalue weighted by molar-refractivity contribution is 5.96. The fourth-order valence-electron chi connectivity index (χ4n) is 2.20. The number of methoxy groups -OCH3 is 2. The molecular weight excluding hydrogens is 260 g/mol. The highest BCUT2D eigenvalue weighted by Gasteiger charge is 2.40. The summed E-state index contributed by atoms with van der Waals surface area (Å²) >= 11 is 0. The molecule has 5 nitrogen and oxygen atoms in total. The van der Waals surface area contributed by atoms with E-state index in [9.17, 15) is 14.4 Å². The lowest BCUT2D eigenvalue weighted by atomic mass is 9.78. The van der Waals surface area contributed by atoms with E-state index in [1.165, 1.54) is 14.2 Å². The average Bonchev–Trinajstić information content (AvgIpc) is 2.51. The summed E-state index contributed by atoms with van der Waals surface area (Å²) in [6.45, 7) is 1.66. The van der Waals surface area contributed by atoms with Crippen LogP contribution in [0.25, 0.3) is 0 Å². The van der Waals surface area contributed by atoms with Gasteiger partial charge in [-0.2, -0.15) is 0 Å². The van der Waals surface area contributed by atoms with E-state index in [2.05, 4.69) is 9.47 Å². The molecule has 20 heavy (non-hydrogen) atoms. The van der Waals surface area contributed by atoms with Crippen LogP contribution in [-0.4, -0.2) is 32.4 Å². The molecule has 0 N–H and O–H groups in total. The van der Waals surface area contributed by atoms with Crippen LogP contribution in [0.2, 0.25) is 0 Å². The van der Waals surface area contributed by atoms with E-state index in [0.29, 0.717) is 5.56 Å². The van der Waals surface area contributed by atoms with Crippen LogP contribution in [0.3, 0.4) is 0 Å². The number of hydrogen-bond acceptors (Lipinski definition) is 5. The van der Waals surface area contributed by atoms with Gasteiger partial charge in [0.05, 0.1) is 14.2 Å². The Kier molecular flexibility index (Phi) is 5.90. The number of carbonyl (C=O) groups is 3. The van der Waals surface area contributed by atoms with Gasteiger partial charge in [-0.05, 0) is 5.56 Å². The standard InChI is InChI=1S/C15H18O5/c1-10(9-16)12(11-7-5-4-6-8-11)13(14(17)19-2)15(18)20-3/h4-10,12-13H,1-3H3/t10-,12-/m0/s1. The van der Waals surface area contributed by atoms with Crippen LogP contribution in [0.5, 0.6) is 0 Å². The van der Waals surface area contributed by atoms with Crippen LogP contribution in [0.1, 0.15) is 18.4 Å². The normalized spacial score (nSPS) is 13.4. The molecule has 108 valence electrons. The molecule has 1 aromatic carbocycles. The molecule has 2 atom stereocenters. The SMILES string of the molecule is COC(=O)C(C(=O)OC)[C@H](c1ccccc1)[C@@H](C)C=O. The summed E-state index contributed by atoms with van der Waals surface area (Å²) in [7, 11) is 2.40. The molecule has 0 saturated carbocycles. The number of esters is 2. The van der Waals surface area contributed by atoms with Crippen molar-refractivity contribution in [1.29, 1.82) is 0 Å². The molecule has 0 aliphatic heterocycles. The van der Waals surface area contributed by atoms with Gasteiger partial charge in [-0.3, -0.25) is 9.59 Å². The van der Waals surface area contributed by atoms with Crippen molar-refractivity contribution in [2.45, 2.75) is 12.8 Å². The van der Waals surface area contributed by atoms with Crippen molar-refractivity contribution in [3.05, 3.63) is 35.9 Å². The van der Waals surface area contributed by atoms with E-state index < -0.39 is 29.7 Å². The van der Waals surface area contributed by atoms with Crippen LogP contribution >= 0.6 is 0 Å². The van der Waals surface area contributed by atoms with Gasteiger partial charge >= 0.3 is 11.9 Å². The average molecular weight is 278 g/mol. The zero-order valence-corrected chi connectivity index (χ0v) is 11.7. The van der Waals surface area contributed by atoms with Gasteiger partial charge < -0.3 is 14.3 Å². The topological polar surface area (TPSA) is 69.7 Å². The van der Waals surface area contributed by atoms with Crippen molar-refractivity contribution in [2.24, 2.45) is 11.8 Å². The van der Waals surface area contributed by atoms with Crippen LogP contribution in [0.4, 0.5) is 0 Å². The number of benzene rings is 1. The first-order chi connectivity index (χ1) is 9.56. The summed E-state index contributed by atoms with van der Waals surface area (Å²) in [5.41, 5.74) is 0.716. The van der Waals surface area contributed by atoms with Gasteiger partial charge in [-0.1, -0.05) is 37.3 Å². The van der Waals surface area contributed by atoms with E-state index in [0.717, 1.165) is 6.29 Å². The second-order valence-electron chi connectivity index (χ2n) is 4.46. The maximum absolute atomic E-state index is 11.9. The molecule has 0 spiro atoms. The van der Waals surface area contributed by atoms with Crippen LogP contribution in [-0.2, 0) is 23.9 Å². The van der Waals surface area contributed by atoms with Crippen LogP contribution in [0.15, 0.2) is 30.3 Å². The van der Waals surface area contributed by atoms with Gasteiger partial charge in [0.15, 0.2) is 5.92 Å². The summed E-state index contributed by atoms with van der Waals surface area (Å²) < 4.78 is 9.35. The third-order valence-electron chi connectivity index (χ3n) is 3.23. The van der Waals surface area contributed by atoms with E-state index in [4.69, 9.17) is 0 Å². The first-order valence-electron chi connectivity index (χ1n) is 6.22. The quantitative estimate of drug-likeness (QED) is 0.449. The molecule has 0 unspecified atom stereocenters. The van der Waals surface area contributed by atoms with Gasteiger partial charge in [0.25, 0.3) is 0 Å². The fourth-order valence-corrected chi connectivity index (χ4v) is 2.20. The highest BCUT2D eigenvalue weighted by atomic mass is 16.5. The first-order valence-corrected chi connectivity index (χ1v) is 6.22. The number of rotatable bonds is 6. The number of ether oxygens (including phenoxy) is 2. The minimum absolute atomic E-state index is 0.527. The Balaban J connectivity index is 3.28. The molecule has 0 bridgehead atoms. The summed E-state index contributed by atoms with van der Waals surface area (Å²) in [6, 6.07) is 8.92. The monoisotopic (exact) mass is 278 g/mol. The molecule has 0 radical (unpaired) electrons. The molecular formula is C15H18O5. The van der Waals surface area contributed by atoms with Gasteiger partial charge in [0.1, 0.15) is 6.29 Å². The summed E-state index contributed by atoms with van der Waals surface area (Å²) in [4.78, 5) is 35.0. The Labute approximate surface area is 117 Å². The Morgan fingerprint density at radius 2 is 1.55 bits per heavy atom. The van der Waals surface area contributed by atoms with Gasteiger partial charge in [-0.15, -0.1) is 0 Å². The number of carbonyl (C=O) groups excluding carboxylic acids is 3. The van der Waals surface area contributed by atoms with Gasteiger partial charge in [0.2, 0.25) is 0 Å². The third kappa shape index (κ3) is 3.44. The lowest BCUT2D eigenvalue weighted by Crippen LogP contribution is -2.35. The second-order valence-corrected chi connectivity index (χ2v) is 4.46. The predicted molar refractivity (Wildman–Crippen MR) is 71.9 cm³/mol. The molecule has 0 aliphatic carbocycles. The summed E-state index contributed by atoms with van der Waals surface area (Å²) in [6.07, 6.45) is 0.719. The minimum Gasteiger partial charge on any atom is -0.468 e. The molecule has 0 amide bonds. The highest BCUT2D eigenvalue weighted by Crippen LogP contribution is 2.33. The predicted octanol–water partition coefficient (Wildman–Crippen LogP) is 1.57. The van der Waals surface area contributed by atoms with Crippen molar-refractivity contribution in [3.63, 3.8) is 0 Å². The molecule has 0 aromatic heterocycles. The lowest BCUT2D eigenvalue weighted by Gasteiger charge is -2.26. The Morgan fingerprint density at radius 1 is 1.05 bits per heavy atom. The van der Waals surface area contributed by atoms with Crippen LogP contribution in [0, 0.1) is 11.8 Å². The van der Waals surface area contributed by atoms with E-state index in [1.807, 2.05) is 6.07 Å². The van der Waals surface area contributed by atoms with E-state index in [-0.39, 0.29) is 0 Å². The first kappa shape index (κ1) is 15.9. The van der Waals surface area contributed by atoms with Gasteiger partial charge in [-0.25, -0.2) is 0 Å². The fraction of sp³-hybridized carbons (Fsp3) is 0.400.